The molecular formula is C23H30F3N3O8S. The van der Waals surface area contributed by atoms with Crippen molar-refractivity contribution in [1.29, 1.82) is 0 Å². The molecule has 0 bridgehead atoms. The standard InChI is InChI=1S/C23H30F3N3O8S/c1-20(2,3)35-18(31)29(37-19(32)36-21(4,5)6)22(7)16(27-28(8)17(22)30)13-10-11-15(38(9,33)34)14(12-13)23(24,25)26/h10-12H,1-9H3. The maximum Gasteiger partial charge on any atom is 0.534 e. The molecule has 1 unspecified atom stereocenters. The van der Waals surface area contributed by atoms with Gasteiger partial charge in [0.15, 0.2) is 9.84 Å². The largest absolute Gasteiger partial charge is 0.534 e. The molecule has 2 rings (SSSR count). The topological polar surface area (TPSA) is 132 Å². The number of carbonyl (C=O) groups is 3. The average molecular weight is 566 g/mol. The van der Waals surface area contributed by atoms with Crippen LogP contribution >= 0.6 is 0 Å². The van der Waals surface area contributed by atoms with E-state index in [-0.39, 0.29) is 10.6 Å². The predicted octanol–water partition coefficient (Wildman–Crippen LogP) is 4.15. The lowest BCUT2D eigenvalue weighted by atomic mass is 9.89. The summed E-state index contributed by atoms with van der Waals surface area (Å²) in [6, 6.07) is 2.20. The van der Waals surface area contributed by atoms with Crippen LogP contribution in [-0.4, -0.2) is 72.4 Å². The highest BCUT2D eigenvalue weighted by molar-refractivity contribution is 7.90. The number of hydrogen-bond donors (Lipinski definition) is 0. The lowest BCUT2D eigenvalue weighted by molar-refractivity contribution is -0.176. The minimum absolute atomic E-state index is 0.245. The lowest BCUT2D eigenvalue weighted by Gasteiger charge is -2.36. The van der Waals surface area contributed by atoms with Gasteiger partial charge >= 0.3 is 18.4 Å². The predicted molar refractivity (Wildman–Crippen MR) is 128 cm³/mol. The summed E-state index contributed by atoms with van der Waals surface area (Å²) in [5, 5.41) is 4.98. The molecule has 0 N–H and O–H groups in total. The van der Waals surface area contributed by atoms with Crippen LogP contribution in [0, 0.1) is 0 Å². The molecule has 1 aromatic rings. The number of likely N-dealkylation sites (N-methyl/N-ethyl adjacent to an activating group) is 1. The van der Waals surface area contributed by atoms with E-state index < -0.39 is 67.1 Å². The van der Waals surface area contributed by atoms with Crippen molar-refractivity contribution in [1.82, 2.24) is 10.1 Å². The minimum Gasteiger partial charge on any atom is -0.442 e. The van der Waals surface area contributed by atoms with Gasteiger partial charge in [-0.2, -0.15) is 18.3 Å². The molecule has 38 heavy (non-hydrogen) atoms. The molecule has 0 aliphatic carbocycles. The number of alkyl halides is 3. The van der Waals surface area contributed by atoms with Gasteiger partial charge in [-0.25, -0.2) is 23.0 Å². The molecule has 1 atom stereocenters. The SMILES string of the molecule is CN1N=C(c2ccc(S(C)(=O)=O)c(C(F)(F)F)c2)C(C)(N(OC(=O)OC(C)(C)C)C(=O)OC(C)(C)C)C1=O. The third-order valence-electron chi connectivity index (χ3n) is 4.90. The van der Waals surface area contributed by atoms with Gasteiger partial charge in [0.25, 0.3) is 5.91 Å². The number of halogens is 3. The molecule has 11 nitrogen and oxygen atoms in total. The maximum absolute atomic E-state index is 13.8. The van der Waals surface area contributed by atoms with E-state index in [2.05, 4.69) is 5.10 Å². The van der Waals surface area contributed by atoms with Crippen LogP contribution in [0.5, 0.6) is 0 Å². The second kappa shape index (κ2) is 9.75. The normalized spacial score (nSPS) is 18.7. The Labute approximate surface area is 218 Å². The van der Waals surface area contributed by atoms with Gasteiger partial charge in [-0.05, 0) is 60.6 Å². The van der Waals surface area contributed by atoms with Crippen molar-refractivity contribution in [3.63, 3.8) is 0 Å². The first-order chi connectivity index (χ1) is 16.9. The summed E-state index contributed by atoms with van der Waals surface area (Å²) in [7, 11) is -3.13. The number of sulfone groups is 1. The Balaban J connectivity index is 2.77. The molecule has 212 valence electrons. The summed E-state index contributed by atoms with van der Waals surface area (Å²) >= 11 is 0. The first kappa shape index (κ1) is 30.9. The molecule has 0 saturated heterocycles. The van der Waals surface area contributed by atoms with E-state index in [1.165, 1.54) is 48.6 Å². The molecule has 0 radical (unpaired) electrons. The first-order valence-corrected chi connectivity index (χ1v) is 13.0. The van der Waals surface area contributed by atoms with E-state index in [4.69, 9.17) is 14.3 Å². The molecule has 1 heterocycles. The van der Waals surface area contributed by atoms with E-state index in [9.17, 15) is 36.0 Å². The number of carbonyl (C=O) groups excluding carboxylic acids is 3. The van der Waals surface area contributed by atoms with E-state index >= 15 is 0 Å². The number of hydroxylamine groups is 2. The van der Waals surface area contributed by atoms with Crippen LogP contribution in [0.15, 0.2) is 28.2 Å². The minimum atomic E-state index is -5.10. The Kier molecular flexibility index (Phi) is 7.92. The highest BCUT2D eigenvalue weighted by atomic mass is 32.2. The average Bonchev–Trinajstić information content (AvgIpc) is 2.92. The van der Waals surface area contributed by atoms with Crippen LogP contribution < -0.4 is 0 Å². The first-order valence-electron chi connectivity index (χ1n) is 11.1. The second-order valence-corrected chi connectivity index (χ2v) is 12.6. The summed E-state index contributed by atoms with van der Waals surface area (Å²) in [5.74, 6) is -0.970. The number of nitrogens with zero attached hydrogens (tertiary/aromatic N) is 3. The van der Waals surface area contributed by atoms with Crippen molar-refractivity contribution in [3.05, 3.63) is 29.3 Å². The van der Waals surface area contributed by atoms with Crippen LogP contribution in [0.2, 0.25) is 0 Å². The van der Waals surface area contributed by atoms with Crippen molar-refractivity contribution in [2.75, 3.05) is 13.3 Å². The van der Waals surface area contributed by atoms with E-state index in [1.54, 1.807) is 0 Å². The number of ether oxygens (including phenoxy) is 2. The number of hydrazone groups is 1. The summed E-state index contributed by atoms with van der Waals surface area (Å²) in [5.41, 5.74) is -6.90. The zero-order chi connectivity index (χ0) is 29.6. The lowest BCUT2D eigenvalue weighted by Crippen LogP contribution is -2.61. The number of hydrogen-bond acceptors (Lipinski definition) is 9. The van der Waals surface area contributed by atoms with Gasteiger partial charge in [0.05, 0.1) is 10.5 Å². The van der Waals surface area contributed by atoms with E-state index in [0.29, 0.717) is 18.4 Å². The van der Waals surface area contributed by atoms with Crippen LogP contribution in [0.3, 0.4) is 0 Å². The van der Waals surface area contributed by atoms with Gasteiger partial charge in [-0.15, -0.1) is 5.06 Å². The molecule has 1 aromatic carbocycles. The number of rotatable bonds is 3. The molecule has 2 amide bonds. The summed E-state index contributed by atoms with van der Waals surface area (Å²) in [6.45, 7) is 10.1. The molecule has 1 aliphatic rings. The van der Waals surface area contributed by atoms with Crippen LogP contribution in [-0.2, 0) is 35.1 Å². The van der Waals surface area contributed by atoms with Gasteiger partial charge in [-0.3, -0.25) is 9.63 Å². The van der Waals surface area contributed by atoms with Crippen LogP contribution in [0.1, 0.15) is 59.6 Å². The molecular weight excluding hydrogens is 535 g/mol. The Hall–Kier alpha value is -3.36. The Morgan fingerprint density at radius 3 is 2.00 bits per heavy atom. The molecule has 1 aliphatic heterocycles. The van der Waals surface area contributed by atoms with Crippen molar-refractivity contribution in [3.8, 4) is 0 Å². The monoisotopic (exact) mass is 565 g/mol. The van der Waals surface area contributed by atoms with Crippen molar-refractivity contribution < 1.29 is 50.3 Å². The van der Waals surface area contributed by atoms with Crippen molar-refractivity contribution in [2.45, 2.75) is 76.3 Å². The van der Waals surface area contributed by atoms with E-state index in [0.717, 1.165) is 18.0 Å². The molecule has 0 spiro atoms. The van der Waals surface area contributed by atoms with Gasteiger partial charge in [0.1, 0.15) is 16.9 Å². The highest BCUT2D eigenvalue weighted by Gasteiger charge is 2.57. The summed E-state index contributed by atoms with van der Waals surface area (Å²) < 4.78 is 75.9. The zero-order valence-corrected chi connectivity index (χ0v) is 23.2. The second-order valence-electron chi connectivity index (χ2n) is 10.7. The third-order valence-corrected chi connectivity index (χ3v) is 6.06. The smallest absolute Gasteiger partial charge is 0.442 e. The Morgan fingerprint density at radius 1 is 1.03 bits per heavy atom. The molecule has 0 saturated carbocycles. The fourth-order valence-corrected chi connectivity index (χ4v) is 4.30. The Bertz CT molecular complexity index is 1280. The summed E-state index contributed by atoms with van der Waals surface area (Å²) in [6.07, 6.45) is -7.23. The molecule has 0 aromatic heterocycles. The number of benzene rings is 1. The fourth-order valence-electron chi connectivity index (χ4n) is 3.41. The molecule has 15 heteroatoms. The van der Waals surface area contributed by atoms with E-state index in [1.807, 2.05) is 0 Å². The zero-order valence-electron chi connectivity index (χ0n) is 22.4. The third kappa shape index (κ3) is 6.74. The highest BCUT2D eigenvalue weighted by Crippen LogP contribution is 2.38. The van der Waals surface area contributed by atoms with Crippen LogP contribution in [0.25, 0.3) is 0 Å². The fraction of sp³-hybridized carbons (Fsp3) is 0.565. The van der Waals surface area contributed by atoms with Crippen molar-refractivity contribution in [2.24, 2.45) is 5.10 Å². The summed E-state index contributed by atoms with van der Waals surface area (Å²) in [4.78, 5) is 43.1. The van der Waals surface area contributed by atoms with Crippen LogP contribution in [0.4, 0.5) is 22.8 Å². The van der Waals surface area contributed by atoms with Crippen molar-refractivity contribution >= 4 is 33.7 Å². The van der Waals surface area contributed by atoms with Gasteiger partial charge in [0, 0.05) is 18.9 Å². The van der Waals surface area contributed by atoms with Gasteiger partial charge < -0.3 is 9.47 Å². The van der Waals surface area contributed by atoms with Gasteiger partial charge in [0.2, 0.25) is 5.54 Å². The maximum atomic E-state index is 13.8. The quantitative estimate of drug-likeness (QED) is 0.395. The Morgan fingerprint density at radius 2 is 1.55 bits per heavy atom. The molecule has 0 fully saturated rings. The number of amides is 2. The van der Waals surface area contributed by atoms with Gasteiger partial charge in [-0.1, -0.05) is 6.07 Å².